The predicted octanol–water partition coefficient (Wildman–Crippen LogP) is 5.37. The molecule has 5 rings (SSSR count). The molecule has 2 heterocycles. The number of fused-ring (bicyclic) bond motifs is 2. The Bertz CT molecular complexity index is 1550. The van der Waals surface area contributed by atoms with Gasteiger partial charge in [-0.25, -0.2) is 4.98 Å². The first kappa shape index (κ1) is 24.8. The summed E-state index contributed by atoms with van der Waals surface area (Å²) in [7, 11) is 3.94. The van der Waals surface area contributed by atoms with Gasteiger partial charge in [0.1, 0.15) is 18.2 Å². The van der Waals surface area contributed by atoms with Crippen LogP contribution in [0.3, 0.4) is 0 Å². The highest BCUT2D eigenvalue weighted by Crippen LogP contribution is 2.33. The molecule has 1 aromatic heterocycles. The van der Waals surface area contributed by atoms with Gasteiger partial charge in [-0.3, -0.25) is 4.79 Å². The number of halogens is 1. The van der Waals surface area contributed by atoms with Crippen LogP contribution in [-0.2, 0) is 13.0 Å². The third-order valence-electron chi connectivity index (χ3n) is 6.01. The van der Waals surface area contributed by atoms with E-state index in [1.165, 1.54) is 4.68 Å². The summed E-state index contributed by atoms with van der Waals surface area (Å²) < 4.78 is 19.3. The smallest absolute Gasteiger partial charge is 0.282 e. The summed E-state index contributed by atoms with van der Waals surface area (Å²) in [4.78, 5) is 20.1. The molecular formula is C28H27BrN4O4. The number of anilines is 1. The van der Waals surface area contributed by atoms with Gasteiger partial charge >= 0.3 is 0 Å². The van der Waals surface area contributed by atoms with Gasteiger partial charge in [0.05, 0.1) is 17.1 Å². The quantitative estimate of drug-likeness (QED) is 0.269. The lowest BCUT2D eigenvalue weighted by molar-refractivity contribution is 0.174. The van der Waals surface area contributed by atoms with Gasteiger partial charge in [-0.2, -0.15) is 9.78 Å². The number of ether oxygens (including phenoxy) is 3. The molecule has 9 heteroatoms. The fourth-order valence-electron chi connectivity index (χ4n) is 4.04. The van der Waals surface area contributed by atoms with Crippen LogP contribution in [-0.4, -0.2) is 36.8 Å². The lowest BCUT2D eigenvalue weighted by Gasteiger charge is -2.16. The van der Waals surface area contributed by atoms with Gasteiger partial charge in [0.15, 0.2) is 11.5 Å². The van der Waals surface area contributed by atoms with Crippen molar-refractivity contribution in [3.8, 4) is 17.2 Å². The van der Waals surface area contributed by atoms with Crippen molar-refractivity contribution in [2.75, 3.05) is 25.8 Å². The van der Waals surface area contributed by atoms with Crippen LogP contribution in [0.15, 0.2) is 69.0 Å². The van der Waals surface area contributed by atoms with E-state index in [1.807, 2.05) is 74.4 Å². The second kappa shape index (κ2) is 10.6. The standard InChI is InChI=1S/C28H27BrN4O4/c1-4-5-27-31-23-10-8-20(29)13-22(23)28(34)33(27)30-15-19-7-9-21(32(2)3)14-25(19)35-16-18-6-11-24-26(12-18)37-17-36-24/h6-15H,4-5,16-17H2,1-3H3. The minimum atomic E-state index is -0.210. The minimum absolute atomic E-state index is 0.210. The second-order valence-electron chi connectivity index (χ2n) is 8.89. The third-order valence-corrected chi connectivity index (χ3v) is 6.50. The van der Waals surface area contributed by atoms with E-state index in [0.717, 1.165) is 33.5 Å². The van der Waals surface area contributed by atoms with E-state index in [2.05, 4.69) is 21.0 Å². The first-order valence-corrected chi connectivity index (χ1v) is 12.8. The van der Waals surface area contributed by atoms with Crippen molar-refractivity contribution in [2.24, 2.45) is 5.10 Å². The van der Waals surface area contributed by atoms with E-state index in [-0.39, 0.29) is 12.4 Å². The maximum atomic E-state index is 13.4. The number of benzene rings is 3. The molecule has 37 heavy (non-hydrogen) atoms. The van der Waals surface area contributed by atoms with Crippen molar-refractivity contribution >= 4 is 38.7 Å². The molecule has 0 saturated heterocycles. The molecule has 1 aliphatic rings. The zero-order valence-corrected chi connectivity index (χ0v) is 22.5. The topological polar surface area (TPSA) is 78.2 Å². The fourth-order valence-corrected chi connectivity index (χ4v) is 4.40. The van der Waals surface area contributed by atoms with Gasteiger partial charge in [-0.1, -0.05) is 28.9 Å². The van der Waals surface area contributed by atoms with E-state index < -0.39 is 0 Å². The summed E-state index contributed by atoms with van der Waals surface area (Å²) in [6, 6.07) is 17.1. The Morgan fingerprint density at radius 2 is 1.95 bits per heavy atom. The highest BCUT2D eigenvalue weighted by molar-refractivity contribution is 9.10. The van der Waals surface area contributed by atoms with Crippen molar-refractivity contribution < 1.29 is 14.2 Å². The molecule has 0 bridgehead atoms. The molecule has 0 saturated carbocycles. The zero-order valence-electron chi connectivity index (χ0n) is 20.9. The molecule has 1 aliphatic heterocycles. The van der Waals surface area contributed by atoms with Crippen LogP contribution in [0, 0.1) is 0 Å². The lowest BCUT2D eigenvalue weighted by Crippen LogP contribution is -2.22. The van der Waals surface area contributed by atoms with Crippen LogP contribution in [0.25, 0.3) is 10.9 Å². The first-order chi connectivity index (χ1) is 17.9. The largest absolute Gasteiger partial charge is 0.488 e. The average molecular weight is 563 g/mol. The molecule has 4 aromatic rings. The van der Waals surface area contributed by atoms with E-state index in [0.29, 0.717) is 41.3 Å². The Morgan fingerprint density at radius 1 is 1.11 bits per heavy atom. The number of nitrogens with zero attached hydrogens (tertiary/aromatic N) is 4. The number of hydrogen-bond donors (Lipinski definition) is 0. The van der Waals surface area contributed by atoms with Gasteiger partial charge in [-0.05, 0) is 54.4 Å². The van der Waals surface area contributed by atoms with Crippen LogP contribution in [0.1, 0.15) is 30.3 Å². The predicted molar refractivity (Wildman–Crippen MR) is 148 cm³/mol. The number of rotatable bonds is 8. The molecule has 0 spiro atoms. The van der Waals surface area contributed by atoms with Gasteiger partial charge in [0.2, 0.25) is 6.79 Å². The monoisotopic (exact) mass is 562 g/mol. The van der Waals surface area contributed by atoms with Crippen molar-refractivity contribution in [2.45, 2.75) is 26.4 Å². The molecule has 0 unspecified atom stereocenters. The van der Waals surface area contributed by atoms with Crippen LogP contribution in [0.4, 0.5) is 5.69 Å². The van der Waals surface area contributed by atoms with Crippen molar-refractivity contribution in [1.82, 2.24) is 9.66 Å². The van der Waals surface area contributed by atoms with Crippen LogP contribution < -0.4 is 24.7 Å². The SMILES string of the molecule is CCCc1nc2ccc(Br)cc2c(=O)n1N=Cc1ccc(N(C)C)cc1OCc1ccc2c(c1)OCO2. The van der Waals surface area contributed by atoms with E-state index in [1.54, 1.807) is 12.3 Å². The number of aryl methyl sites for hydroxylation is 1. The molecule has 0 amide bonds. The average Bonchev–Trinajstić information content (AvgIpc) is 3.36. The van der Waals surface area contributed by atoms with Gasteiger partial charge in [0.25, 0.3) is 5.56 Å². The highest BCUT2D eigenvalue weighted by atomic mass is 79.9. The highest BCUT2D eigenvalue weighted by Gasteiger charge is 2.15. The van der Waals surface area contributed by atoms with Crippen molar-refractivity contribution in [3.05, 3.63) is 86.4 Å². The Labute approximate surface area is 223 Å². The summed E-state index contributed by atoms with van der Waals surface area (Å²) >= 11 is 3.45. The molecule has 0 radical (unpaired) electrons. The molecule has 0 aliphatic carbocycles. The summed E-state index contributed by atoms with van der Waals surface area (Å²) in [5.74, 6) is 2.71. The zero-order chi connectivity index (χ0) is 25.9. The van der Waals surface area contributed by atoms with E-state index in [9.17, 15) is 4.79 Å². The number of hydrogen-bond acceptors (Lipinski definition) is 7. The Kier molecular flexibility index (Phi) is 7.14. The molecule has 8 nitrogen and oxygen atoms in total. The number of aromatic nitrogens is 2. The maximum absolute atomic E-state index is 13.4. The molecule has 0 atom stereocenters. The third kappa shape index (κ3) is 5.32. The van der Waals surface area contributed by atoms with Gasteiger partial charge < -0.3 is 19.1 Å². The van der Waals surface area contributed by atoms with Crippen LogP contribution >= 0.6 is 15.9 Å². The Hall–Kier alpha value is -3.85. The summed E-state index contributed by atoms with van der Waals surface area (Å²) in [6.07, 6.45) is 3.12. The van der Waals surface area contributed by atoms with Gasteiger partial charge in [-0.15, -0.1) is 0 Å². The van der Waals surface area contributed by atoms with E-state index >= 15 is 0 Å². The van der Waals surface area contributed by atoms with Crippen LogP contribution in [0.2, 0.25) is 0 Å². The van der Waals surface area contributed by atoms with E-state index in [4.69, 9.17) is 19.2 Å². The maximum Gasteiger partial charge on any atom is 0.282 e. The van der Waals surface area contributed by atoms with Crippen molar-refractivity contribution in [1.29, 1.82) is 0 Å². The molecular weight excluding hydrogens is 536 g/mol. The summed E-state index contributed by atoms with van der Waals surface area (Å²) in [5.41, 5.74) is 3.13. The minimum Gasteiger partial charge on any atom is -0.488 e. The first-order valence-electron chi connectivity index (χ1n) is 12.0. The fraction of sp³-hybridized carbons (Fsp3) is 0.250. The molecule has 0 N–H and O–H groups in total. The van der Waals surface area contributed by atoms with Crippen molar-refractivity contribution in [3.63, 3.8) is 0 Å². The molecule has 0 fully saturated rings. The van der Waals surface area contributed by atoms with Gasteiger partial charge in [0, 0.05) is 42.3 Å². The Morgan fingerprint density at radius 3 is 2.76 bits per heavy atom. The van der Waals surface area contributed by atoms with Crippen LogP contribution in [0.5, 0.6) is 17.2 Å². The summed E-state index contributed by atoms with van der Waals surface area (Å²) in [6.45, 7) is 2.61. The second-order valence-corrected chi connectivity index (χ2v) is 9.81. The lowest BCUT2D eigenvalue weighted by atomic mass is 10.1. The Balaban J connectivity index is 1.50. The normalized spacial score (nSPS) is 12.4. The summed E-state index contributed by atoms with van der Waals surface area (Å²) in [5, 5.41) is 5.09. The molecule has 190 valence electrons. The molecule has 3 aromatic carbocycles.